The minimum Gasteiger partial charge on any atom is -0.493 e. The van der Waals surface area contributed by atoms with Crippen molar-refractivity contribution in [1.82, 2.24) is 20.1 Å². The first-order chi connectivity index (χ1) is 16.4. The van der Waals surface area contributed by atoms with E-state index in [-0.39, 0.29) is 11.4 Å². The number of fused-ring (bicyclic) bond motifs is 1. The zero-order chi connectivity index (χ0) is 23.7. The monoisotopic (exact) mass is 480 g/mol. The molecule has 0 unspecified atom stereocenters. The van der Waals surface area contributed by atoms with Crippen LogP contribution in [0.15, 0.2) is 29.8 Å². The summed E-state index contributed by atoms with van der Waals surface area (Å²) in [6.07, 6.45) is 5.14. The highest BCUT2D eigenvalue weighted by atomic mass is 32.1. The number of aromatic nitrogens is 3. The largest absolute Gasteiger partial charge is 0.493 e. The van der Waals surface area contributed by atoms with E-state index in [2.05, 4.69) is 49.0 Å². The summed E-state index contributed by atoms with van der Waals surface area (Å²) < 4.78 is 13.2. The number of nitrogens with zero attached hydrogens (tertiary/aromatic N) is 3. The van der Waals surface area contributed by atoms with Gasteiger partial charge in [0.2, 0.25) is 5.91 Å². The molecule has 180 valence electrons. The highest BCUT2D eigenvalue weighted by molar-refractivity contribution is 7.13. The van der Waals surface area contributed by atoms with Gasteiger partial charge in [0, 0.05) is 37.1 Å². The summed E-state index contributed by atoms with van der Waals surface area (Å²) in [5, 5.41) is 10.7. The Bertz CT molecular complexity index is 1170. The summed E-state index contributed by atoms with van der Waals surface area (Å²) >= 11 is 1.56. The van der Waals surface area contributed by atoms with E-state index in [0.29, 0.717) is 18.9 Å². The summed E-state index contributed by atoms with van der Waals surface area (Å²) in [7, 11) is 0. The Kier molecular flexibility index (Phi) is 6.44. The summed E-state index contributed by atoms with van der Waals surface area (Å²) in [4.78, 5) is 17.4. The van der Waals surface area contributed by atoms with Crippen LogP contribution in [-0.2, 0) is 27.9 Å². The van der Waals surface area contributed by atoms with E-state index in [1.54, 1.807) is 11.3 Å². The number of carbonyl (C=O) groups is 1. The Morgan fingerprint density at radius 2 is 2.06 bits per heavy atom. The third kappa shape index (κ3) is 4.88. The van der Waals surface area contributed by atoms with Crippen LogP contribution in [-0.4, -0.2) is 47.0 Å². The van der Waals surface area contributed by atoms with Crippen molar-refractivity contribution in [2.45, 2.75) is 52.0 Å². The second-order valence-electron chi connectivity index (χ2n) is 10.1. The van der Waals surface area contributed by atoms with E-state index in [0.717, 1.165) is 72.4 Å². The molecule has 2 aliphatic heterocycles. The fourth-order valence-electron chi connectivity index (χ4n) is 4.57. The zero-order valence-electron chi connectivity index (χ0n) is 20.1. The van der Waals surface area contributed by atoms with Crippen LogP contribution in [0.5, 0.6) is 5.75 Å². The van der Waals surface area contributed by atoms with Crippen molar-refractivity contribution >= 4 is 17.2 Å². The van der Waals surface area contributed by atoms with Crippen LogP contribution < -0.4 is 10.1 Å². The Morgan fingerprint density at radius 3 is 2.85 bits per heavy atom. The SMILES string of the molecule is CC(C)(C)n1ncc(-c2nc(CC(=O)NCC3CCOCC3)cs2)c1-c1ccc2c(c1)CCO2. The van der Waals surface area contributed by atoms with Gasteiger partial charge in [0.1, 0.15) is 10.8 Å². The highest BCUT2D eigenvalue weighted by Crippen LogP contribution is 2.39. The number of rotatable bonds is 6. The second-order valence-corrected chi connectivity index (χ2v) is 10.9. The number of hydrogen-bond acceptors (Lipinski definition) is 6. The molecule has 0 radical (unpaired) electrons. The third-order valence-electron chi connectivity index (χ3n) is 6.42. The molecule has 2 aromatic heterocycles. The number of benzene rings is 1. The van der Waals surface area contributed by atoms with E-state index in [1.165, 1.54) is 5.56 Å². The van der Waals surface area contributed by atoms with Gasteiger partial charge in [0.15, 0.2) is 0 Å². The Balaban J connectivity index is 1.37. The molecule has 5 rings (SSSR count). The van der Waals surface area contributed by atoms with Crippen LogP contribution in [0.25, 0.3) is 21.8 Å². The standard InChI is InChI=1S/C26H32N4O3S/c1-26(2,3)30-24(19-4-5-22-18(12-19)8-11-33-22)21(15-28-30)25-29-20(16-34-25)13-23(31)27-14-17-6-9-32-10-7-17/h4-5,12,15-17H,6-11,13-14H2,1-3H3,(H,27,31). The maximum absolute atomic E-state index is 12.5. The molecule has 1 amide bonds. The molecule has 1 N–H and O–H groups in total. The predicted octanol–water partition coefficient (Wildman–Crippen LogP) is 4.45. The molecule has 0 saturated carbocycles. The number of hydrogen-bond donors (Lipinski definition) is 1. The van der Waals surface area contributed by atoms with Gasteiger partial charge < -0.3 is 14.8 Å². The first-order valence-electron chi connectivity index (χ1n) is 12.0. The van der Waals surface area contributed by atoms with E-state index in [1.807, 2.05) is 11.6 Å². The molecular formula is C26H32N4O3S. The average Bonchev–Trinajstić information content (AvgIpc) is 3.56. The first-order valence-corrected chi connectivity index (χ1v) is 12.9. The van der Waals surface area contributed by atoms with E-state index in [9.17, 15) is 4.79 Å². The van der Waals surface area contributed by atoms with Crippen molar-refractivity contribution in [3.05, 3.63) is 41.0 Å². The molecule has 1 aromatic carbocycles. The fraction of sp³-hybridized carbons (Fsp3) is 0.500. The summed E-state index contributed by atoms with van der Waals surface area (Å²) in [6.45, 7) is 9.48. The predicted molar refractivity (Wildman–Crippen MR) is 133 cm³/mol. The summed E-state index contributed by atoms with van der Waals surface area (Å²) in [5.74, 6) is 1.50. The molecule has 1 saturated heterocycles. The maximum Gasteiger partial charge on any atom is 0.226 e. The molecule has 4 heterocycles. The van der Waals surface area contributed by atoms with Gasteiger partial charge >= 0.3 is 0 Å². The molecule has 0 atom stereocenters. The minimum atomic E-state index is -0.187. The van der Waals surface area contributed by atoms with Crippen molar-refractivity contribution in [2.75, 3.05) is 26.4 Å². The number of thiazole rings is 1. The molecule has 0 spiro atoms. The Hall–Kier alpha value is -2.71. The average molecular weight is 481 g/mol. The molecule has 8 heteroatoms. The lowest BCUT2D eigenvalue weighted by atomic mass is 10.0. The molecular weight excluding hydrogens is 448 g/mol. The lowest BCUT2D eigenvalue weighted by Gasteiger charge is -2.23. The minimum absolute atomic E-state index is 0.0209. The lowest BCUT2D eigenvalue weighted by molar-refractivity contribution is -0.120. The molecule has 7 nitrogen and oxygen atoms in total. The van der Waals surface area contributed by atoms with Gasteiger partial charge in [-0.3, -0.25) is 9.48 Å². The molecule has 0 bridgehead atoms. The zero-order valence-corrected chi connectivity index (χ0v) is 20.9. The Labute approximate surface area is 204 Å². The van der Waals surface area contributed by atoms with Crippen LogP contribution in [0.4, 0.5) is 0 Å². The first kappa shape index (κ1) is 23.1. The highest BCUT2D eigenvalue weighted by Gasteiger charge is 2.26. The van der Waals surface area contributed by atoms with E-state index >= 15 is 0 Å². The van der Waals surface area contributed by atoms with Gasteiger partial charge in [-0.1, -0.05) is 0 Å². The second kappa shape index (κ2) is 9.50. The van der Waals surface area contributed by atoms with Gasteiger partial charge in [-0.05, 0) is 63.3 Å². The van der Waals surface area contributed by atoms with E-state index < -0.39 is 0 Å². The van der Waals surface area contributed by atoms with Crippen LogP contribution in [0.3, 0.4) is 0 Å². The van der Waals surface area contributed by atoms with Crippen LogP contribution in [0.2, 0.25) is 0 Å². The number of amides is 1. The molecule has 2 aliphatic rings. The van der Waals surface area contributed by atoms with Gasteiger partial charge in [-0.15, -0.1) is 11.3 Å². The van der Waals surface area contributed by atoms with E-state index in [4.69, 9.17) is 19.6 Å². The van der Waals surface area contributed by atoms with Crippen molar-refractivity contribution < 1.29 is 14.3 Å². The van der Waals surface area contributed by atoms with Crippen LogP contribution >= 0.6 is 11.3 Å². The van der Waals surface area contributed by atoms with Crippen molar-refractivity contribution in [1.29, 1.82) is 0 Å². The normalized spacial score (nSPS) is 16.3. The van der Waals surface area contributed by atoms with Gasteiger partial charge in [-0.2, -0.15) is 5.10 Å². The van der Waals surface area contributed by atoms with Crippen molar-refractivity contribution in [3.63, 3.8) is 0 Å². The van der Waals surface area contributed by atoms with Gasteiger partial charge in [0.25, 0.3) is 0 Å². The quantitative estimate of drug-likeness (QED) is 0.564. The van der Waals surface area contributed by atoms with Crippen molar-refractivity contribution in [3.8, 4) is 27.6 Å². The smallest absolute Gasteiger partial charge is 0.226 e. The summed E-state index contributed by atoms with van der Waals surface area (Å²) in [6, 6.07) is 6.37. The molecule has 34 heavy (non-hydrogen) atoms. The lowest BCUT2D eigenvalue weighted by Crippen LogP contribution is -2.33. The fourth-order valence-corrected chi connectivity index (χ4v) is 5.40. The number of ether oxygens (including phenoxy) is 2. The maximum atomic E-state index is 12.5. The third-order valence-corrected chi connectivity index (χ3v) is 7.34. The van der Waals surface area contributed by atoms with Crippen LogP contribution in [0.1, 0.15) is 44.9 Å². The van der Waals surface area contributed by atoms with Gasteiger partial charge in [-0.25, -0.2) is 4.98 Å². The van der Waals surface area contributed by atoms with Gasteiger partial charge in [0.05, 0.1) is 41.7 Å². The topological polar surface area (TPSA) is 78.3 Å². The molecule has 0 aliphatic carbocycles. The molecule has 1 fully saturated rings. The van der Waals surface area contributed by atoms with Crippen molar-refractivity contribution in [2.24, 2.45) is 5.92 Å². The Morgan fingerprint density at radius 1 is 1.24 bits per heavy atom. The summed E-state index contributed by atoms with van der Waals surface area (Å²) in [5.41, 5.74) is 4.98. The number of carbonyl (C=O) groups excluding carboxylic acids is 1. The number of nitrogens with one attached hydrogen (secondary N) is 1. The van der Waals surface area contributed by atoms with Crippen LogP contribution in [0, 0.1) is 5.92 Å². The molecule has 3 aromatic rings.